The van der Waals surface area contributed by atoms with Crippen LogP contribution in [0.1, 0.15) is 29.4 Å². The van der Waals surface area contributed by atoms with Crippen LogP contribution in [-0.2, 0) is 40.3 Å². The van der Waals surface area contributed by atoms with Crippen molar-refractivity contribution in [2.45, 2.75) is 32.9 Å². The zero-order chi connectivity index (χ0) is 24.6. The lowest BCUT2D eigenvalue weighted by molar-refractivity contribution is -0.142. The van der Waals surface area contributed by atoms with E-state index < -0.39 is 0 Å². The maximum atomic E-state index is 12.0. The first kappa shape index (κ1) is 24.5. The monoisotopic (exact) mass is 473 g/mol. The summed E-state index contributed by atoms with van der Waals surface area (Å²) in [6.07, 6.45) is 0.792. The number of benzene rings is 3. The Morgan fingerprint density at radius 3 is 2.63 bits per heavy atom. The Morgan fingerprint density at radius 2 is 1.83 bits per heavy atom. The molecule has 35 heavy (non-hydrogen) atoms. The molecule has 0 amide bonds. The van der Waals surface area contributed by atoms with E-state index in [-0.39, 0.29) is 12.4 Å². The second-order valence-corrected chi connectivity index (χ2v) is 8.24. The number of para-hydroxylation sites is 1. The van der Waals surface area contributed by atoms with Crippen LogP contribution < -0.4 is 10.5 Å². The molecule has 0 radical (unpaired) electrons. The van der Waals surface area contributed by atoms with Gasteiger partial charge in [0, 0.05) is 36.6 Å². The normalized spacial score (nSPS) is 11.1. The Hall–Kier alpha value is -3.61. The summed E-state index contributed by atoms with van der Waals surface area (Å²) in [7, 11) is 1.67. The van der Waals surface area contributed by atoms with Gasteiger partial charge in [-0.1, -0.05) is 42.5 Å². The Bertz CT molecular complexity index is 1290. The number of nitrogens with two attached hydrogens (primary N) is 1. The second kappa shape index (κ2) is 11.7. The number of carbonyl (C=O) groups excluding carboxylic acids is 1. The summed E-state index contributed by atoms with van der Waals surface area (Å²) >= 11 is 0. The summed E-state index contributed by atoms with van der Waals surface area (Å²) in [6.45, 7) is 3.48. The lowest BCUT2D eigenvalue weighted by Gasteiger charge is -2.12. The highest BCUT2D eigenvalue weighted by Crippen LogP contribution is 2.33. The van der Waals surface area contributed by atoms with Crippen molar-refractivity contribution in [1.82, 2.24) is 0 Å². The molecule has 0 fully saturated rings. The first-order valence-electron chi connectivity index (χ1n) is 11.8. The van der Waals surface area contributed by atoms with E-state index in [0.29, 0.717) is 38.5 Å². The summed E-state index contributed by atoms with van der Waals surface area (Å²) in [4.78, 5) is 12.0. The molecule has 6 nitrogen and oxygen atoms in total. The summed E-state index contributed by atoms with van der Waals surface area (Å²) in [5, 5.41) is 0.995. The molecule has 0 spiro atoms. The van der Waals surface area contributed by atoms with Gasteiger partial charge in [0.15, 0.2) is 0 Å². The van der Waals surface area contributed by atoms with Crippen molar-refractivity contribution in [3.8, 4) is 16.9 Å². The number of methoxy groups -OCH3 is 1. The summed E-state index contributed by atoms with van der Waals surface area (Å²) in [6, 6.07) is 21.9. The molecule has 1 aromatic heterocycles. The summed E-state index contributed by atoms with van der Waals surface area (Å²) < 4.78 is 22.9. The molecule has 0 unspecified atom stereocenters. The molecule has 182 valence electrons. The fraction of sp³-hybridized carbons (Fsp3) is 0.276. The molecule has 0 aliphatic carbocycles. The molecular formula is C29H31NO5. The van der Waals surface area contributed by atoms with Gasteiger partial charge >= 0.3 is 5.97 Å². The number of rotatable bonds is 11. The number of carbonyl (C=O) groups is 1. The maximum Gasteiger partial charge on any atom is 0.310 e. The lowest BCUT2D eigenvalue weighted by atomic mass is 10.00. The van der Waals surface area contributed by atoms with Crippen LogP contribution in [0, 0.1) is 0 Å². The minimum absolute atomic E-state index is 0.161. The predicted octanol–water partition coefficient (Wildman–Crippen LogP) is 5.43. The predicted molar refractivity (Wildman–Crippen MR) is 136 cm³/mol. The number of hydrogen-bond donors (Lipinski definition) is 1. The quantitative estimate of drug-likeness (QED) is 0.292. The zero-order valence-electron chi connectivity index (χ0n) is 20.2. The van der Waals surface area contributed by atoms with Crippen molar-refractivity contribution >= 4 is 16.9 Å². The summed E-state index contributed by atoms with van der Waals surface area (Å²) in [5.74, 6) is 1.21. The van der Waals surface area contributed by atoms with Gasteiger partial charge in [-0.25, -0.2) is 0 Å². The Kier molecular flexibility index (Phi) is 8.19. The van der Waals surface area contributed by atoms with Crippen LogP contribution in [0.4, 0.5) is 0 Å². The second-order valence-electron chi connectivity index (χ2n) is 8.24. The number of esters is 1. The van der Waals surface area contributed by atoms with E-state index in [1.807, 2.05) is 42.5 Å². The molecular weight excluding hydrogens is 442 g/mol. The van der Waals surface area contributed by atoms with E-state index in [0.717, 1.165) is 44.5 Å². The average molecular weight is 474 g/mol. The van der Waals surface area contributed by atoms with Crippen LogP contribution >= 0.6 is 0 Å². The third-order valence-electron chi connectivity index (χ3n) is 5.89. The standard InChI is InChI=1S/C29H31NO5/c1-3-33-29(31)17-23-8-4-5-10-26(23)34-19-25-24-16-22(21-9-6-7-20(15-21)18-30)11-12-27(24)35-28(25)13-14-32-2/h4-12,15-16H,3,13-14,17-19,30H2,1-2H3. The topological polar surface area (TPSA) is 83.9 Å². The Labute approximate surface area is 205 Å². The number of hydrogen-bond acceptors (Lipinski definition) is 6. The zero-order valence-corrected chi connectivity index (χ0v) is 20.2. The van der Waals surface area contributed by atoms with Gasteiger partial charge in [0.1, 0.15) is 23.7 Å². The lowest BCUT2D eigenvalue weighted by Crippen LogP contribution is -2.09. The molecule has 4 rings (SSSR count). The van der Waals surface area contributed by atoms with Crippen molar-refractivity contribution < 1.29 is 23.4 Å². The first-order chi connectivity index (χ1) is 17.1. The highest BCUT2D eigenvalue weighted by atomic mass is 16.5. The molecule has 4 aromatic rings. The van der Waals surface area contributed by atoms with Crippen molar-refractivity contribution in [2.24, 2.45) is 5.73 Å². The van der Waals surface area contributed by atoms with E-state index in [9.17, 15) is 4.79 Å². The van der Waals surface area contributed by atoms with Crippen molar-refractivity contribution in [3.05, 3.63) is 89.2 Å². The van der Waals surface area contributed by atoms with Gasteiger partial charge in [-0.2, -0.15) is 0 Å². The molecule has 1 heterocycles. The fourth-order valence-corrected chi connectivity index (χ4v) is 4.12. The smallest absolute Gasteiger partial charge is 0.310 e. The van der Waals surface area contributed by atoms with Crippen molar-refractivity contribution in [2.75, 3.05) is 20.3 Å². The Morgan fingerprint density at radius 1 is 1.00 bits per heavy atom. The molecule has 0 aliphatic heterocycles. The van der Waals surface area contributed by atoms with Crippen LogP contribution in [0.2, 0.25) is 0 Å². The molecule has 2 N–H and O–H groups in total. The van der Waals surface area contributed by atoms with Crippen LogP contribution in [-0.4, -0.2) is 26.3 Å². The van der Waals surface area contributed by atoms with Crippen LogP contribution in [0.5, 0.6) is 5.75 Å². The molecule has 0 saturated heterocycles. The van der Waals surface area contributed by atoms with Gasteiger partial charge in [-0.05, 0) is 47.9 Å². The van der Waals surface area contributed by atoms with Gasteiger partial charge < -0.3 is 24.4 Å². The van der Waals surface area contributed by atoms with Gasteiger partial charge in [0.05, 0.1) is 19.6 Å². The highest BCUT2D eigenvalue weighted by molar-refractivity contribution is 5.87. The van der Waals surface area contributed by atoms with E-state index in [1.165, 1.54) is 0 Å². The molecule has 0 atom stereocenters. The minimum Gasteiger partial charge on any atom is -0.488 e. The van der Waals surface area contributed by atoms with Crippen LogP contribution in [0.25, 0.3) is 22.1 Å². The SMILES string of the molecule is CCOC(=O)Cc1ccccc1OCc1c(CCOC)oc2ccc(-c3cccc(CN)c3)cc12. The third kappa shape index (κ3) is 5.91. The minimum atomic E-state index is -0.276. The number of ether oxygens (including phenoxy) is 3. The van der Waals surface area contributed by atoms with Crippen LogP contribution in [0.15, 0.2) is 71.1 Å². The molecule has 6 heteroatoms. The van der Waals surface area contributed by atoms with E-state index in [2.05, 4.69) is 24.3 Å². The van der Waals surface area contributed by atoms with E-state index >= 15 is 0 Å². The molecule has 0 bridgehead atoms. The fourth-order valence-electron chi connectivity index (χ4n) is 4.12. The summed E-state index contributed by atoms with van der Waals surface area (Å²) in [5.41, 5.74) is 11.7. The van der Waals surface area contributed by atoms with Crippen molar-refractivity contribution in [1.29, 1.82) is 0 Å². The molecule has 0 saturated carbocycles. The largest absolute Gasteiger partial charge is 0.488 e. The van der Waals surface area contributed by atoms with Gasteiger partial charge in [0.25, 0.3) is 0 Å². The first-order valence-corrected chi connectivity index (χ1v) is 11.8. The third-order valence-corrected chi connectivity index (χ3v) is 5.89. The number of furan rings is 1. The Balaban J connectivity index is 1.67. The molecule has 0 aliphatic rings. The maximum absolute atomic E-state index is 12.0. The van der Waals surface area contributed by atoms with Gasteiger partial charge in [0.2, 0.25) is 0 Å². The number of fused-ring (bicyclic) bond motifs is 1. The van der Waals surface area contributed by atoms with Gasteiger partial charge in [-0.15, -0.1) is 0 Å². The van der Waals surface area contributed by atoms with E-state index in [4.69, 9.17) is 24.4 Å². The van der Waals surface area contributed by atoms with Gasteiger partial charge in [-0.3, -0.25) is 4.79 Å². The van der Waals surface area contributed by atoms with Crippen molar-refractivity contribution in [3.63, 3.8) is 0 Å². The van der Waals surface area contributed by atoms with Crippen LogP contribution in [0.3, 0.4) is 0 Å². The molecule has 3 aromatic carbocycles. The van der Waals surface area contributed by atoms with E-state index in [1.54, 1.807) is 14.0 Å². The average Bonchev–Trinajstić information content (AvgIpc) is 3.23. The highest BCUT2D eigenvalue weighted by Gasteiger charge is 2.17.